The second-order valence-electron chi connectivity index (χ2n) is 6.19. The van der Waals surface area contributed by atoms with Crippen LogP contribution in [0, 0.1) is 5.92 Å². The molecule has 0 saturated carbocycles. The van der Waals surface area contributed by atoms with Crippen molar-refractivity contribution in [3.63, 3.8) is 0 Å². The molecule has 1 aromatic rings. The number of likely N-dealkylation sites (tertiary alicyclic amines) is 1. The maximum absolute atomic E-state index is 12.6. The Bertz CT molecular complexity index is 476. The lowest BCUT2D eigenvalue weighted by molar-refractivity contribution is -0.138. The van der Waals surface area contributed by atoms with Crippen LogP contribution in [0.15, 0.2) is 12.4 Å². The highest BCUT2D eigenvalue weighted by Gasteiger charge is 2.30. The van der Waals surface area contributed by atoms with Gasteiger partial charge in [-0.1, -0.05) is 6.92 Å². The first-order chi connectivity index (χ1) is 9.65. The molecule has 2 aliphatic rings. The van der Waals surface area contributed by atoms with Crippen LogP contribution in [-0.4, -0.2) is 50.9 Å². The van der Waals surface area contributed by atoms with Gasteiger partial charge in [0.15, 0.2) is 0 Å². The minimum absolute atomic E-state index is 0.0335. The molecule has 2 aliphatic heterocycles. The van der Waals surface area contributed by atoms with Gasteiger partial charge in [0.05, 0.1) is 12.6 Å². The molecule has 0 unspecified atom stereocenters. The average Bonchev–Trinajstić information content (AvgIpc) is 2.94. The van der Waals surface area contributed by atoms with Crippen LogP contribution in [0.1, 0.15) is 32.5 Å². The van der Waals surface area contributed by atoms with Crippen molar-refractivity contribution >= 4 is 5.91 Å². The summed E-state index contributed by atoms with van der Waals surface area (Å²) < 4.78 is 2.18. The van der Waals surface area contributed by atoms with Gasteiger partial charge < -0.3 is 9.47 Å². The van der Waals surface area contributed by atoms with E-state index in [1.54, 1.807) is 0 Å². The van der Waals surface area contributed by atoms with Crippen LogP contribution in [0.3, 0.4) is 0 Å². The van der Waals surface area contributed by atoms with Gasteiger partial charge >= 0.3 is 0 Å². The lowest BCUT2D eigenvalue weighted by Gasteiger charge is -2.37. The highest BCUT2D eigenvalue weighted by molar-refractivity contribution is 5.81. The smallest absolute Gasteiger partial charge is 0.239 e. The van der Waals surface area contributed by atoms with Crippen LogP contribution in [-0.2, 0) is 17.9 Å². The first-order valence-corrected chi connectivity index (χ1v) is 7.68. The first kappa shape index (κ1) is 13.6. The maximum atomic E-state index is 12.6. The summed E-state index contributed by atoms with van der Waals surface area (Å²) >= 11 is 0. The van der Waals surface area contributed by atoms with Gasteiger partial charge in [0.25, 0.3) is 0 Å². The second-order valence-corrected chi connectivity index (χ2v) is 6.19. The number of fused-ring (bicyclic) bond motifs is 1. The lowest BCUT2D eigenvalue weighted by atomic mass is 9.98. The van der Waals surface area contributed by atoms with E-state index in [0.717, 1.165) is 57.3 Å². The van der Waals surface area contributed by atoms with E-state index in [0.29, 0.717) is 0 Å². The molecule has 1 saturated heterocycles. The zero-order chi connectivity index (χ0) is 14.1. The highest BCUT2D eigenvalue weighted by atomic mass is 16.2. The molecule has 5 heteroatoms. The van der Waals surface area contributed by atoms with E-state index in [1.807, 2.05) is 24.2 Å². The van der Waals surface area contributed by atoms with Crippen molar-refractivity contribution in [2.75, 3.05) is 19.6 Å². The Morgan fingerprint density at radius 3 is 2.80 bits per heavy atom. The minimum atomic E-state index is -0.0335. The molecule has 5 nitrogen and oxygen atoms in total. The van der Waals surface area contributed by atoms with Crippen molar-refractivity contribution in [1.29, 1.82) is 0 Å². The van der Waals surface area contributed by atoms with Crippen molar-refractivity contribution in [1.82, 2.24) is 19.4 Å². The third kappa shape index (κ3) is 2.59. The molecule has 0 aromatic carbocycles. The van der Waals surface area contributed by atoms with Crippen molar-refractivity contribution in [3.05, 3.63) is 18.2 Å². The molecule has 1 fully saturated rings. The average molecular weight is 276 g/mol. The molecule has 0 bridgehead atoms. The zero-order valence-corrected chi connectivity index (χ0v) is 12.5. The van der Waals surface area contributed by atoms with E-state index in [9.17, 15) is 4.79 Å². The SMILES string of the molecule is CC1CCN(C(=O)[C@H](C)N2CCn3ccnc3C2)CC1. The number of hydrogen-bond donors (Lipinski definition) is 0. The van der Waals surface area contributed by atoms with Gasteiger partial charge in [0, 0.05) is 38.6 Å². The summed E-state index contributed by atoms with van der Waals surface area (Å²) in [6.07, 6.45) is 6.15. The summed E-state index contributed by atoms with van der Waals surface area (Å²) in [5, 5.41) is 0. The molecular weight excluding hydrogens is 252 g/mol. The predicted octanol–water partition coefficient (Wildman–Crippen LogP) is 1.35. The standard InChI is InChI=1S/C15H24N4O/c1-12-3-6-18(7-4-12)15(20)13(2)19-10-9-17-8-5-16-14(17)11-19/h5,8,12-13H,3-4,6-7,9-11H2,1-2H3/t13-/m0/s1. The van der Waals surface area contributed by atoms with E-state index in [2.05, 4.69) is 21.4 Å². The number of aromatic nitrogens is 2. The van der Waals surface area contributed by atoms with Crippen LogP contribution in [0.5, 0.6) is 0 Å². The Morgan fingerprint density at radius 1 is 1.30 bits per heavy atom. The number of rotatable bonds is 2. The molecule has 3 rings (SSSR count). The van der Waals surface area contributed by atoms with Gasteiger partial charge in [-0.2, -0.15) is 0 Å². The van der Waals surface area contributed by atoms with E-state index >= 15 is 0 Å². The maximum Gasteiger partial charge on any atom is 0.239 e. The number of carbonyl (C=O) groups is 1. The van der Waals surface area contributed by atoms with Crippen LogP contribution in [0.2, 0.25) is 0 Å². The summed E-state index contributed by atoms with van der Waals surface area (Å²) in [7, 11) is 0. The number of imidazole rings is 1. The van der Waals surface area contributed by atoms with E-state index in [4.69, 9.17) is 0 Å². The third-order valence-corrected chi connectivity index (χ3v) is 4.77. The highest BCUT2D eigenvalue weighted by Crippen LogP contribution is 2.19. The van der Waals surface area contributed by atoms with Gasteiger partial charge in [0.2, 0.25) is 5.91 Å². The Hall–Kier alpha value is -1.36. The Balaban J connectivity index is 1.61. The van der Waals surface area contributed by atoms with Gasteiger partial charge in [-0.25, -0.2) is 4.98 Å². The van der Waals surface area contributed by atoms with Crippen LogP contribution >= 0.6 is 0 Å². The molecule has 1 atom stereocenters. The molecule has 0 N–H and O–H groups in total. The van der Waals surface area contributed by atoms with Crippen LogP contribution in [0.4, 0.5) is 0 Å². The normalized spacial score (nSPS) is 22.6. The van der Waals surface area contributed by atoms with Crippen molar-refractivity contribution < 1.29 is 4.79 Å². The Morgan fingerprint density at radius 2 is 2.05 bits per heavy atom. The quantitative estimate of drug-likeness (QED) is 0.818. The van der Waals surface area contributed by atoms with E-state index in [-0.39, 0.29) is 11.9 Å². The van der Waals surface area contributed by atoms with Crippen LogP contribution < -0.4 is 0 Å². The summed E-state index contributed by atoms with van der Waals surface area (Å²) in [6.45, 7) is 8.81. The van der Waals surface area contributed by atoms with Gasteiger partial charge in [-0.05, 0) is 25.7 Å². The molecule has 3 heterocycles. The van der Waals surface area contributed by atoms with Crippen molar-refractivity contribution in [2.24, 2.45) is 5.92 Å². The summed E-state index contributed by atoms with van der Waals surface area (Å²) in [4.78, 5) is 21.3. The van der Waals surface area contributed by atoms with E-state index < -0.39 is 0 Å². The number of hydrogen-bond acceptors (Lipinski definition) is 3. The first-order valence-electron chi connectivity index (χ1n) is 7.68. The van der Waals surface area contributed by atoms with E-state index in [1.165, 1.54) is 0 Å². The largest absolute Gasteiger partial charge is 0.341 e. The third-order valence-electron chi connectivity index (χ3n) is 4.77. The van der Waals surface area contributed by atoms with Gasteiger partial charge in [-0.15, -0.1) is 0 Å². The molecule has 110 valence electrons. The van der Waals surface area contributed by atoms with Crippen LogP contribution in [0.25, 0.3) is 0 Å². The molecule has 0 spiro atoms. The summed E-state index contributed by atoms with van der Waals surface area (Å²) in [5.41, 5.74) is 0. The number of nitrogens with zero attached hydrogens (tertiary/aromatic N) is 4. The fraction of sp³-hybridized carbons (Fsp3) is 0.733. The van der Waals surface area contributed by atoms with Crippen molar-refractivity contribution in [2.45, 2.75) is 45.8 Å². The fourth-order valence-corrected chi connectivity index (χ4v) is 3.17. The predicted molar refractivity (Wildman–Crippen MR) is 77.1 cm³/mol. The number of piperidine rings is 1. The molecule has 0 radical (unpaired) electrons. The Kier molecular flexibility index (Phi) is 3.78. The Labute approximate surface area is 120 Å². The molecule has 1 aromatic heterocycles. The van der Waals surface area contributed by atoms with Crippen molar-refractivity contribution in [3.8, 4) is 0 Å². The molecule has 20 heavy (non-hydrogen) atoms. The van der Waals surface area contributed by atoms with Gasteiger partial charge in [0.1, 0.15) is 5.82 Å². The minimum Gasteiger partial charge on any atom is -0.341 e. The fourth-order valence-electron chi connectivity index (χ4n) is 3.17. The summed E-state index contributed by atoms with van der Waals surface area (Å²) in [5.74, 6) is 2.12. The summed E-state index contributed by atoms with van der Waals surface area (Å²) in [6, 6.07) is -0.0335. The zero-order valence-electron chi connectivity index (χ0n) is 12.5. The van der Waals surface area contributed by atoms with Gasteiger partial charge in [-0.3, -0.25) is 9.69 Å². The number of amides is 1. The molecule has 0 aliphatic carbocycles. The second kappa shape index (κ2) is 5.56. The number of carbonyl (C=O) groups excluding carboxylic acids is 1. The molecule has 1 amide bonds. The monoisotopic (exact) mass is 276 g/mol. The topological polar surface area (TPSA) is 41.4 Å². The molecular formula is C15H24N4O. The lowest BCUT2D eigenvalue weighted by Crippen LogP contribution is -2.51.